The van der Waals surface area contributed by atoms with Gasteiger partial charge in [0.1, 0.15) is 0 Å². The molecule has 0 amide bonds. The van der Waals surface area contributed by atoms with Crippen molar-refractivity contribution in [3.8, 4) is 23.5 Å². The molecule has 78 valence electrons. The van der Waals surface area contributed by atoms with Gasteiger partial charge in [-0.1, -0.05) is 29.7 Å². The molecule has 2 aromatic rings. The van der Waals surface area contributed by atoms with Crippen LogP contribution in [-0.4, -0.2) is 4.98 Å². The molecule has 0 spiro atoms. The lowest BCUT2D eigenvalue weighted by Crippen LogP contribution is -1.89. The molecular formula is C15H13N. The van der Waals surface area contributed by atoms with Gasteiger partial charge in [0.25, 0.3) is 0 Å². The number of aryl methyl sites for hydroxylation is 2. The summed E-state index contributed by atoms with van der Waals surface area (Å²) in [6, 6.07) is 8.22. The third kappa shape index (κ3) is 1.83. The van der Waals surface area contributed by atoms with Crippen LogP contribution >= 0.6 is 0 Å². The minimum absolute atomic E-state index is 0.891. The Labute approximate surface area is 96.2 Å². The van der Waals surface area contributed by atoms with Gasteiger partial charge in [-0.25, -0.2) is 0 Å². The SMILES string of the molecule is C#Cc1ccncc1-c1ccc(C)cc1C. The first-order chi connectivity index (χ1) is 7.72. The van der Waals surface area contributed by atoms with Gasteiger partial charge in [-0.15, -0.1) is 6.42 Å². The summed E-state index contributed by atoms with van der Waals surface area (Å²) in [5, 5.41) is 0. The molecule has 0 saturated heterocycles. The Hall–Kier alpha value is -2.07. The minimum Gasteiger partial charge on any atom is -0.264 e. The summed E-state index contributed by atoms with van der Waals surface area (Å²) in [6.45, 7) is 4.18. The molecule has 0 aliphatic carbocycles. The van der Waals surface area contributed by atoms with Crippen LogP contribution in [0.5, 0.6) is 0 Å². The van der Waals surface area contributed by atoms with Crippen LogP contribution in [0, 0.1) is 26.2 Å². The third-order valence-electron chi connectivity index (χ3n) is 2.65. The first-order valence-corrected chi connectivity index (χ1v) is 5.20. The molecule has 2 rings (SSSR count). The standard InChI is InChI=1S/C15H13N/c1-4-13-7-8-16-10-15(13)14-6-5-11(2)9-12(14)3/h1,5-10H,2-3H3. The van der Waals surface area contributed by atoms with Crippen molar-refractivity contribution in [1.82, 2.24) is 4.98 Å². The lowest BCUT2D eigenvalue weighted by atomic mass is 9.97. The van der Waals surface area contributed by atoms with E-state index in [0.717, 1.165) is 16.7 Å². The summed E-state index contributed by atoms with van der Waals surface area (Å²) < 4.78 is 0. The van der Waals surface area contributed by atoms with E-state index in [1.54, 1.807) is 6.20 Å². The molecule has 1 aromatic heterocycles. The van der Waals surface area contributed by atoms with Crippen LogP contribution in [0.3, 0.4) is 0 Å². The number of terminal acetylenes is 1. The van der Waals surface area contributed by atoms with E-state index >= 15 is 0 Å². The lowest BCUT2D eigenvalue weighted by molar-refractivity contribution is 1.30. The highest BCUT2D eigenvalue weighted by Gasteiger charge is 2.05. The summed E-state index contributed by atoms with van der Waals surface area (Å²) in [4.78, 5) is 4.14. The van der Waals surface area contributed by atoms with Gasteiger partial charge in [0, 0.05) is 23.5 Å². The Morgan fingerprint density at radius 2 is 1.94 bits per heavy atom. The van der Waals surface area contributed by atoms with Crippen LogP contribution < -0.4 is 0 Å². The van der Waals surface area contributed by atoms with Crippen molar-refractivity contribution in [3.05, 3.63) is 53.3 Å². The van der Waals surface area contributed by atoms with E-state index in [2.05, 4.69) is 43.0 Å². The van der Waals surface area contributed by atoms with E-state index in [0.29, 0.717) is 0 Å². The molecule has 16 heavy (non-hydrogen) atoms. The first kappa shape index (κ1) is 10.4. The normalized spacial score (nSPS) is 9.81. The summed E-state index contributed by atoms with van der Waals surface area (Å²) in [7, 11) is 0. The summed E-state index contributed by atoms with van der Waals surface area (Å²) in [6.07, 6.45) is 9.04. The van der Waals surface area contributed by atoms with Gasteiger partial charge in [-0.2, -0.15) is 0 Å². The number of hydrogen-bond donors (Lipinski definition) is 0. The van der Waals surface area contributed by atoms with Crippen molar-refractivity contribution in [2.45, 2.75) is 13.8 Å². The first-order valence-electron chi connectivity index (χ1n) is 5.20. The number of rotatable bonds is 1. The third-order valence-corrected chi connectivity index (χ3v) is 2.65. The Morgan fingerprint density at radius 1 is 1.12 bits per heavy atom. The zero-order chi connectivity index (χ0) is 11.5. The van der Waals surface area contributed by atoms with Crippen LogP contribution in [0.2, 0.25) is 0 Å². The van der Waals surface area contributed by atoms with Crippen molar-refractivity contribution in [1.29, 1.82) is 0 Å². The molecule has 0 N–H and O–H groups in total. The highest BCUT2D eigenvalue weighted by molar-refractivity contribution is 5.72. The number of hydrogen-bond acceptors (Lipinski definition) is 1. The van der Waals surface area contributed by atoms with Crippen LogP contribution in [0.1, 0.15) is 16.7 Å². The molecule has 0 fully saturated rings. The van der Waals surface area contributed by atoms with Crippen LogP contribution in [0.4, 0.5) is 0 Å². The van der Waals surface area contributed by atoms with Crippen molar-refractivity contribution in [3.63, 3.8) is 0 Å². The van der Waals surface area contributed by atoms with Gasteiger partial charge in [0.05, 0.1) is 0 Å². The fraction of sp³-hybridized carbons (Fsp3) is 0.133. The Balaban J connectivity index is 2.64. The number of aromatic nitrogens is 1. The highest BCUT2D eigenvalue weighted by atomic mass is 14.6. The predicted octanol–water partition coefficient (Wildman–Crippen LogP) is 3.35. The van der Waals surface area contributed by atoms with Gasteiger partial charge in [0.2, 0.25) is 0 Å². The largest absolute Gasteiger partial charge is 0.264 e. The van der Waals surface area contributed by atoms with E-state index in [9.17, 15) is 0 Å². The molecule has 0 aliphatic rings. The molecule has 1 nitrogen and oxygen atoms in total. The van der Waals surface area contributed by atoms with E-state index in [1.807, 2.05) is 12.3 Å². The van der Waals surface area contributed by atoms with Crippen LogP contribution in [0.15, 0.2) is 36.7 Å². The van der Waals surface area contributed by atoms with Gasteiger partial charge in [-0.3, -0.25) is 4.98 Å². The second-order valence-electron chi connectivity index (χ2n) is 3.88. The quantitative estimate of drug-likeness (QED) is 0.653. The second kappa shape index (κ2) is 4.20. The number of pyridine rings is 1. The van der Waals surface area contributed by atoms with Gasteiger partial charge >= 0.3 is 0 Å². The van der Waals surface area contributed by atoms with Crippen molar-refractivity contribution in [2.24, 2.45) is 0 Å². The maximum atomic E-state index is 5.49. The van der Waals surface area contributed by atoms with E-state index in [1.165, 1.54) is 11.1 Å². The molecule has 0 saturated carbocycles. The smallest absolute Gasteiger partial charge is 0.0359 e. The van der Waals surface area contributed by atoms with Gasteiger partial charge in [0.15, 0.2) is 0 Å². The maximum absolute atomic E-state index is 5.49. The molecule has 1 aromatic carbocycles. The van der Waals surface area contributed by atoms with E-state index in [4.69, 9.17) is 6.42 Å². The average molecular weight is 207 g/mol. The van der Waals surface area contributed by atoms with Gasteiger partial charge in [-0.05, 0) is 31.0 Å². The van der Waals surface area contributed by atoms with Gasteiger partial charge < -0.3 is 0 Å². The molecule has 0 radical (unpaired) electrons. The zero-order valence-electron chi connectivity index (χ0n) is 9.49. The fourth-order valence-corrected chi connectivity index (χ4v) is 1.85. The number of benzene rings is 1. The average Bonchev–Trinajstić information content (AvgIpc) is 2.29. The molecule has 0 unspecified atom stereocenters. The second-order valence-corrected chi connectivity index (χ2v) is 3.88. The topological polar surface area (TPSA) is 12.9 Å². The Kier molecular flexibility index (Phi) is 2.74. The van der Waals surface area contributed by atoms with Crippen molar-refractivity contribution in [2.75, 3.05) is 0 Å². The van der Waals surface area contributed by atoms with Crippen LogP contribution in [-0.2, 0) is 0 Å². The lowest BCUT2D eigenvalue weighted by Gasteiger charge is -2.08. The monoisotopic (exact) mass is 207 g/mol. The number of nitrogens with zero attached hydrogens (tertiary/aromatic N) is 1. The summed E-state index contributed by atoms with van der Waals surface area (Å²) in [5.41, 5.74) is 5.56. The molecular weight excluding hydrogens is 194 g/mol. The molecule has 0 atom stereocenters. The zero-order valence-corrected chi connectivity index (χ0v) is 9.49. The predicted molar refractivity (Wildman–Crippen MR) is 67.1 cm³/mol. The molecule has 1 heterocycles. The minimum atomic E-state index is 0.891. The van der Waals surface area contributed by atoms with Crippen LogP contribution in [0.25, 0.3) is 11.1 Å². The summed E-state index contributed by atoms with van der Waals surface area (Å²) >= 11 is 0. The van der Waals surface area contributed by atoms with E-state index in [-0.39, 0.29) is 0 Å². The Morgan fingerprint density at radius 3 is 2.62 bits per heavy atom. The van der Waals surface area contributed by atoms with E-state index < -0.39 is 0 Å². The highest BCUT2D eigenvalue weighted by Crippen LogP contribution is 2.26. The maximum Gasteiger partial charge on any atom is 0.0359 e. The van der Waals surface area contributed by atoms with Crippen molar-refractivity contribution >= 4 is 0 Å². The summed E-state index contributed by atoms with van der Waals surface area (Å²) in [5.74, 6) is 2.70. The molecule has 1 heteroatoms. The Bertz CT molecular complexity index is 562. The van der Waals surface area contributed by atoms with Crippen molar-refractivity contribution < 1.29 is 0 Å². The molecule has 0 bridgehead atoms. The fourth-order valence-electron chi connectivity index (χ4n) is 1.85. The molecule has 0 aliphatic heterocycles.